The minimum absolute atomic E-state index is 0.0285. The topological polar surface area (TPSA) is 131 Å². The Hall–Kier alpha value is -1.71. The number of rotatable bonds is 6. The summed E-state index contributed by atoms with van der Waals surface area (Å²) >= 11 is 0. The number of hydrogen-bond acceptors (Lipinski definition) is 8. The molecular weight excluding hydrogens is 622 g/mol. The molecular formula is C40H65NO8. The minimum atomic E-state index is -0.963. The van der Waals surface area contributed by atoms with Gasteiger partial charge < -0.3 is 29.7 Å². The predicted molar refractivity (Wildman–Crippen MR) is 185 cm³/mol. The standard InChI is InChI=1S/C40H65NO8/c1-22(2)28(41-32(45)49-33(3,4)5)31(44)47-24-19-25-37(11)20-23(42)29(38(12)15-14-27(48-38)35(8,9)46)36(37,10)17-18-39(25)21-40(39)16-13-26(43)34(6,7)30(24)40/h22-25,27-30,42,46H,13-21H2,1-12H3,(H,41,45)/t23-,24-,25?,27-,28-,29-,30-,36+,37-,38+,39-,40+/m0/s1. The molecule has 5 aliphatic carbocycles. The van der Waals surface area contributed by atoms with Crippen molar-refractivity contribution in [1.29, 1.82) is 0 Å². The summed E-state index contributed by atoms with van der Waals surface area (Å²) in [5.41, 5.74) is -3.48. The van der Waals surface area contributed by atoms with E-state index in [1.54, 1.807) is 34.6 Å². The molecule has 0 aromatic rings. The molecule has 1 aliphatic heterocycles. The van der Waals surface area contributed by atoms with Crippen molar-refractivity contribution in [2.24, 2.45) is 50.7 Å². The van der Waals surface area contributed by atoms with E-state index in [4.69, 9.17) is 14.2 Å². The first-order valence-corrected chi connectivity index (χ1v) is 19.1. The molecule has 2 spiro atoms. The number of aliphatic hydroxyl groups is 2. The monoisotopic (exact) mass is 687 g/mol. The molecule has 0 bridgehead atoms. The third-order valence-electron chi connectivity index (χ3n) is 15.4. The predicted octanol–water partition coefficient (Wildman–Crippen LogP) is 6.75. The molecule has 1 amide bonds. The number of carbonyl (C=O) groups is 3. The Morgan fingerprint density at radius 1 is 0.939 bits per heavy atom. The molecule has 0 radical (unpaired) electrons. The first-order chi connectivity index (χ1) is 22.3. The number of hydrogen-bond donors (Lipinski definition) is 3. The van der Waals surface area contributed by atoms with Crippen LogP contribution in [-0.4, -0.2) is 69.2 Å². The van der Waals surface area contributed by atoms with E-state index in [2.05, 4.69) is 26.1 Å². The van der Waals surface area contributed by atoms with Crippen LogP contribution in [0.1, 0.15) is 141 Å². The molecule has 1 unspecified atom stereocenters. The van der Waals surface area contributed by atoms with Gasteiger partial charge in [-0.05, 0) is 126 Å². The summed E-state index contributed by atoms with van der Waals surface area (Å²) in [6.07, 6.45) is 5.16. The number of esters is 1. The second kappa shape index (κ2) is 11.1. The van der Waals surface area contributed by atoms with Crippen molar-refractivity contribution in [3.8, 4) is 0 Å². The third-order valence-corrected chi connectivity index (χ3v) is 15.4. The maximum atomic E-state index is 14.1. The molecule has 49 heavy (non-hydrogen) atoms. The second-order valence-corrected chi connectivity index (χ2v) is 20.4. The van der Waals surface area contributed by atoms with Crippen molar-refractivity contribution in [2.45, 2.75) is 182 Å². The second-order valence-electron chi connectivity index (χ2n) is 20.4. The van der Waals surface area contributed by atoms with E-state index in [-0.39, 0.29) is 57.2 Å². The van der Waals surface area contributed by atoms with Crippen LogP contribution in [0.25, 0.3) is 0 Å². The van der Waals surface area contributed by atoms with Crippen molar-refractivity contribution >= 4 is 17.8 Å². The molecule has 3 N–H and O–H groups in total. The summed E-state index contributed by atoms with van der Waals surface area (Å²) in [6.45, 7) is 23.7. The van der Waals surface area contributed by atoms with Gasteiger partial charge in [-0.15, -0.1) is 0 Å². The lowest BCUT2D eigenvalue weighted by Gasteiger charge is -2.64. The molecule has 12 atom stereocenters. The average Bonchev–Trinajstić information content (AvgIpc) is 3.30. The van der Waals surface area contributed by atoms with Crippen LogP contribution in [0.4, 0.5) is 4.79 Å². The van der Waals surface area contributed by atoms with E-state index in [1.807, 2.05) is 27.7 Å². The number of fused-ring (bicyclic) bond motifs is 2. The van der Waals surface area contributed by atoms with Gasteiger partial charge in [0, 0.05) is 23.7 Å². The molecule has 9 heteroatoms. The molecule has 1 saturated heterocycles. The zero-order valence-electron chi connectivity index (χ0n) is 32.3. The molecule has 6 fully saturated rings. The molecule has 1 heterocycles. The van der Waals surface area contributed by atoms with Gasteiger partial charge >= 0.3 is 12.1 Å². The van der Waals surface area contributed by atoms with Gasteiger partial charge in [0.25, 0.3) is 0 Å². The van der Waals surface area contributed by atoms with Crippen molar-refractivity contribution in [3.63, 3.8) is 0 Å². The van der Waals surface area contributed by atoms with Crippen LogP contribution in [0.5, 0.6) is 0 Å². The van der Waals surface area contributed by atoms with Gasteiger partial charge in [-0.2, -0.15) is 0 Å². The van der Waals surface area contributed by atoms with E-state index in [1.165, 1.54) is 0 Å². The maximum Gasteiger partial charge on any atom is 0.408 e. The summed E-state index contributed by atoms with van der Waals surface area (Å²) in [5, 5.41) is 25.7. The van der Waals surface area contributed by atoms with E-state index >= 15 is 0 Å². The van der Waals surface area contributed by atoms with Gasteiger partial charge in [-0.25, -0.2) is 9.59 Å². The quantitative estimate of drug-likeness (QED) is 0.262. The summed E-state index contributed by atoms with van der Waals surface area (Å²) in [6, 6.07) is -0.896. The molecule has 278 valence electrons. The summed E-state index contributed by atoms with van der Waals surface area (Å²) in [7, 11) is 0. The van der Waals surface area contributed by atoms with Crippen LogP contribution in [0.3, 0.4) is 0 Å². The number of Topliss-reactive ketones (excluding diaryl/α,β-unsaturated/α-hetero) is 1. The number of amides is 1. The zero-order valence-corrected chi connectivity index (χ0v) is 32.3. The van der Waals surface area contributed by atoms with Crippen LogP contribution in [0.2, 0.25) is 0 Å². The molecule has 9 nitrogen and oxygen atoms in total. The Morgan fingerprint density at radius 2 is 1.59 bits per heavy atom. The zero-order chi connectivity index (χ0) is 36.5. The van der Waals surface area contributed by atoms with E-state index in [9.17, 15) is 24.6 Å². The van der Waals surface area contributed by atoms with Crippen LogP contribution in [0.15, 0.2) is 0 Å². The van der Waals surface area contributed by atoms with E-state index in [0.29, 0.717) is 19.3 Å². The Labute approximate surface area is 294 Å². The molecule has 5 saturated carbocycles. The molecule has 6 rings (SSSR count). The largest absolute Gasteiger partial charge is 0.460 e. The Bertz CT molecular complexity index is 1380. The smallest absolute Gasteiger partial charge is 0.408 e. The van der Waals surface area contributed by atoms with Crippen LogP contribution >= 0.6 is 0 Å². The Kier molecular flexibility index (Phi) is 8.43. The summed E-state index contributed by atoms with van der Waals surface area (Å²) in [4.78, 5) is 40.6. The highest BCUT2D eigenvalue weighted by molar-refractivity contribution is 5.86. The minimum Gasteiger partial charge on any atom is -0.460 e. The highest BCUT2D eigenvalue weighted by Crippen LogP contribution is 2.89. The van der Waals surface area contributed by atoms with Crippen LogP contribution in [-0.2, 0) is 23.8 Å². The average molecular weight is 688 g/mol. The normalized spacial score (nSPS) is 46.2. The maximum absolute atomic E-state index is 14.1. The van der Waals surface area contributed by atoms with Gasteiger partial charge in [-0.1, -0.05) is 41.5 Å². The number of aliphatic hydroxyl groups excluding tert-OH is 1. The van der Waals surface area contributed by atoms with Gasteiger partial charge in [0.15, 0.2) is 0 Å². The fourth-order valence-electron chi connectivity index (χ4n) is 13.2. The molecule has 6 aliphatic rings. The van der Waals surface area contributed by atoms with Crippen molar-refractivity contribution < 1.29 is 38.8 Å². The fourth-order valence-corrected chi connectivity index (χ4v) is 13.2. The molecule has 0 aromatic heterocycles. The van der Waals surface area contributed by atoms with E-state index in [0.717, 1.165) is 38.5 Å². The highest BCUT2D eigenvalue weighted by Gasteiger charge is 2.85. The lowest BCUT2D eigenvalue weighted by atomic mass is 9.41. The van der Waals surface area contributed by atoms with Gasteiger partial charge in [0.1, 0.15) is 23.5 Å². The number of alkyl carbamates (subject to hydrolysis) is 1. The van der Waals surface area contributed by atoms with Crippen molar-refractivity contribution in [3.05, 3.63) is 0 Å². The number of ketones is 1. The van der Waals surface area contributed by atoms with Gasteiger partial charge in [0.05, 0.1) is 23.4 Å². The van der Waals surface area contributed by atoms with Crippen LogP contribution < -0.4 is 5.32 Å². The lowest BCUT2D eigenvalue weighted by Crippen LogP contribution is -2.62. The first kappa shape index (κ1) is 37.1. The molecule has 0 aromatic carbocycles. The van der Waals surface area contributed by atoms with Crippen LogP contribution in [0, 0.1) is 50.7 Å². The number of ether oxygens (including phenoxy) is 3. The first-order valence-electron chi connectivity index (χ1n) is 19.1. The number of nitrogens with one attached hydrogen (secondary N) is 1. The van der Waals surface area contributed by atoms with Gasteiger partial charge in [0.2, 0.25) is 0 Å². The Balaban J connectivity index is 1.35. The highest BCUT2D eigenvalue weighted by atomic mass is 16.6. The third kappa shape index (κ3) is 5.35. The fraction of sp³-hybridized carbons (Fsp3) is 0.925. The van der Waals surface area contributed by atoms with Crippen molar-refractivity contribution in [1.82, 2.24) is 5.32 Å². The summed E-state index contributed by atoms with van der Waals surface area (Å²) in [5.74, 6) is -0.527. The Morgan fingerprint density at radius 3 is 2.16 bits per heavy atom. The van der Waals surface area contributed by atoms with E-state index < -0.39 is 52.5 Å². The number of carbonyl (C=O) groups excluding carboxylic acids is 3. The summed E-state index contributed by atoms with van der Waals surface area (Å²) < 4.78 is 18.9. The van der Waals surface area contributed by atoms with Crippen molar-refractivity contribution in [2.75, 3.05) is 0 Å². The SMILES string of the molecule is CC(C)[C@H](NC(=O)OC(C)(C)C)C(=O)O[C@H]1CC2[C@]3(CC[C@]4(C)[C@@H]([C@@]5(C)CC[C@@H](C(C)(C)O)O5)[C@@H](O)C[C@@]24C)C[C@@]32CCC(=O)C(C)(C)[C@H]12. The lowest BCUT2D eigenvalue weighted by molar-refractivity contribution is -0.211. The van der Waals surface area contributed by atoms with Gasteiger partial charge in [-0.3, -0.25) is 4.79 Å².